The quantitative estimate of drug-likeness (QED) is 0.218. The van der Waals surface area contributed by atoms with E-state index in [2.05, 4.69) is 28.3 Å². The van der Waals surface area contributed by atoms with Crippen molar-refractivity contribution in [3.05, 3.63) is 46.2 Å². The van der Waals surface area contributed by atoms with Gasteiger partial charge < -0.3 is 19.3 Å². The zero-order chi connectivity index (χ0) is 32.6. The number of anilines is 1. The highest BCUT2D eigenvalue weighted by atomic mass is 32.2. The topological polar surface area (TPSA) is 114 Å². The van der Waals surface area contributed by atoms with Crippen molar-refractivity contribution in [3.63, 3.8) is 0 Å². The highest BCUT2D eigenvalue weighted by Crippen LogP contribution is 2.37. The third-order valence-electron chi connectivity index (χ3n) is 9.68. The number of unbranched alkanes of at least 4 members (excludes halogenated alkanes) is 1. The van der Waals surface area contributed by atoms with E-state index in [1.807, 2.05) is 18.2 Å². The first kappa shape index (κ1) is 35.0. The fourth-order valence-electron chi connectivity index (χ4n) is 6.65. The molecule has 0 saturated carbocycles. The van der Waals surface area contributed by atoms with E-state index in [9.17, 15) is 18.0 Å². The molecule has 10 nitrogen and oxygen atoms in total. The van der Waals surface area contributed by atoms with Crippen molar-refractivity contribution in [2.45, 2.75) is 87.1 Å². The first-order valence-electron chi connectivity index (χ1n) is 16.8. The third-order valence-corrected chi connectivity index (χ3v) is 13.4. The lowest BCUT2D eigenvalue weighted by atomic mass is 9.91. The average Bonchev–Trinajstić information content (AvgIpc) is 3.58. The van der Waals surface area contributed by atoms with Crippen LogP contribution in [0.5, 0.6) is 0 Å². The van der Waals surface area contributed by atoms with Crippen molar-refractivity contribution in [2.75, 3.05) is 57.9 Å². The number of ether oxygens (including phenoxy) is 2. The van der Waals surface area contributed by atoms with Gasteiger partial charge in [-0.3, -0.25) is 9.59 Å². The number of piperidine rings is 2. The van der Waals surface area contributed by atoms with Crippen LogP contribution in [-0.2, 0) is 35.4 Å². The molecule has 0 bridgehead atoms. The predicted molar refractivity (Wildman–Crippen MR) is 179 cm³/mol. The SMILES string of the molecule is CCCCc1ccc(C(=O)C2CCN(c3ccc(S(=O)(=O)C4(C(=O)NOC5CCCCO5)CCN(CCOC)CC4)cc3)CC2)s1. The summed E-state index contributed by atoms with van der Waals surface area (Å²) in [6, 6.07) is 10.9. The van der Waals surface area contributed by atoms with Crippen LogP contribution in [0, 0.1) is 5.92 Å². The summed E-state index contributed by atoms with van der Waals surface area (Å²) < 4.78 is 37.7. The molecule has 1 atom stereocenters. The molecule has 254 valence electrons. The number of rotatable bonds is 14. The van der Waals surface area contributed by atoms with E-state index >= 15 is 0 Å². The lowest BCUT2D eigenvalue weighted by molar-refractivity contribution is -0.202. The smallest absolute Gasteiger partial charge is 0.265 e. The van der Waals surface area contributed by atoms with Crippen LogP contribution in [0.1, 0.15) is 79.3 Å². The standard InChI is InChI=1S/C34H49N3O7S2/c1-3-4-7-28-11-14-30(45-28)32(38)26-15-19-37(20-16-26)27-9-12-29(13-10-27)46(40,41)34(17-21-36(22-18-34)23-25-42-2)33(39)35-44-31-8-5-6-24-43-31/h9-14,26,31H,3-8,15-25H2,1-2H3,(H,35,39). The van der Waals surface area contributed by atoms with Crippen LogP contribution in [0.3, 0.4) is 0 Å². The Labute approximate surface area is 277 Å². The molecule has 1 aromatic heterocycles. The first-order valence-corrected chi connectivity index (χ1v) is 19.1. The van der Waals surface area contributed by atoms with Gasteiger partial charge >= 0.3 is 0 Å². The van der Waals surface area contributed by atoms with E-state index in [4.69, 9.17) is 14.3 Å². The second kappa shape index (κ2) is 16.2. The average molecular weight is 676 g/mol. The second-order valence-corrected chi connectivity index (χ2v) is 16.1. The molecule has 46 heavy (non-hydrogen) atoms. The van der Waals surface area contributed by atoms with Crippen molar-refractivity contribution in [1.29, 1.82) is 0 Å². The number of carbonyl (C=O) groups is 2. The van der Waals surface area contributed by atoms with E-state index in [0.717, 1.165) is 68.6 Å². The van der Waals surface area contributed by atoms with Crippen molar-refractivity contribution in [3.8, 4) is 0 Å². The number of thiophene rings is 1. The van der Waals surface area contributed by atoms with Gasteiger partial charge in [0, 0.05) is 69.3 Å². The molecule has 1 amide bonds. The van der Waals surface area contributed by atoms with Gasteiger partial charge in [-0.2, -0.15) is 0 Å². The van der Waals surface area contributed by atoms with Gasteiger partial charge in [-0.05, 0) is 87.8 Å². The van der Waals surface area contributed by atoms with Gasteiger partial charge in [0.1, 0.15) is 0 Å². The molecule has 3 saturated heterocycles. The molecular weight excluding hydrogens is 627 g/mol. The van der Waals surface area contributed by atoms with Gasteiger partial charge in [0.15, 0.2) is 26.7 Å². The molecule has 5 rings (SSSR count). The molecule has 1 aromatic carbocycles. The third kappa shape index (κ3) is 8.02. The fraction of sp³-hybridized carbons (Fsp3) is 0.647. The largest absolute Gasteiger partial charge is 0.383 e. The summed E-state index contributed by atoms with van der Waals surface area (Å²) in [5, 5.41) is 0. The molecule has 12 heteroatoms. The Morgan fingerprint density at radius 1 is 1.02 bits per heavy atom. The monoisotopic (exact) mass is 675 g/mol. The maximum Gasteiger partial charge on any atom is 0.265 e. The zero-order valence-corrected chi connectivity index (χ0v) is 28.8. The molecule has 0 aliphatic carbocycles. The second-order valence-electron chi connectivity index (χ2n) is 12.7. The summed E-state index contributed by atoms with van der Waals surface area (Å²) in [7, 11) is -2.44. The molecule has 3 aliphatic rings. The molecule has 0 spiro atoms. The summed E-state index contributed by atoms with van der Waals surface area (Å²) in [5.74, 6) is -0.403. The summed E-state index contributed by atoms with van der Waals surface area (Å²) in [4.78, 5) is 39.0. The summed E-state index contributed by atoms with van der Waals surface area (Å²) in [6.07, 6.45) is 7.04. The van der Waals surface area contributed by atoms with Crippen molar-refractivity contribution in [1.82, 2.24) is 10.4 Å². The summed E-state index contributed by atoms with van der Waals surface area (Å²) >= 11 is 1.63. The first-order chi connectivity index (χ1) is 22.3. The number of carbonyl (C=O) groups excluding carboxylic acids is 2. The Hall–Kier alpha value is -2.35. The number of Topliss-reactive ketones (excluding diaryl/α,β-unsaturated/α-hetero) is 1. The number of hydroxylamine groups is 1. The number of ketones is 1. The number of amides is 1. The number of likely N-dealkylation sites (tertiary alicyclic amines) is 1. The van der Waals surface area contributed by atoms with Gasteiger partial charge in [0.05, 0.1) is 16.4 Å². The van der Waals surface area contributed by atoms with Crippen LogP contribution in [-0.4, -0.2) is 89.1 Å². The Bertz CT molecular complexity index is 1390. The van der Waals surface area contributed by atoms with Crippen molar-refractivity contribution < 1.29 is 32.3 Å². The molecule has 1 N–H and O–H groups in total. The molecule has 0 radical (unpaired) electrons. The van der Waals surface area contributed by atoms with Crippen LogP contribution in [0.4, 0.5) is 5.69 Å². The zero-order valence-electron chi connectivity index (χ0n) is 27.2. The van der Waals surface area contributed by atoms with Crippen molar-refractivity contribution >= 4 is 38.6 Å². The minimum Gasteiger partial charge on any atom is -0.383 e. The van der Waals surface area contributed by atoms with E-state index in [1.54, 1.807) is 30.6 Å². The van der Waals surface area contributed by atoms with Gasteiger partial charge in [-0.1, -0.05) is 13.3 Å². The predicted octanol–water partition coefficient (Wildman–Crippen LogP) is 5.02. The Morgan fingerprint density at radius 3 is 2.41 bits per heavy atom. The fourth-order valence-corrected chi connectivity index (χ4v) is 9.67. The van der Waals surface area contributed by atoms with Gasteiger partial charge in [0.25, 0.3) is 5.91 Å². The normalized spacial score (nSPS) is 21.3. The number of sulfone groups is 1. The van der Waals surface area contributed by atoms with Crippen LogP contribution >= 0.6 is 11.3 Å². The number of nitrogens with one attached hydrogen (secondary N) is 1. The van der Waals surface area contributed by atoms with Crippen LogP contribution in [0.2, 0.25) is 0 Å². The lowest BCUT2D eigenvalue weighted by Gasteiger charge is -2.40. The minimum atomic E-state index is -4.07. The van der Waals surface area contributed by atoms with Crippen LogP contribution in [0.15, 0.2) is 41.3 Å². The maximum absolute atomic E-state index is 14.3. The van der Waals surface area contributed by atoms with Crippen LogP contribution in [0.25, 0.3) is 0 Å². The van der Waals surface area contributed by atoms with Gasteiger partial charge in [0.2, 0.25) is 0 Å². The maximum atomic E-state index is 14.3. The highest BCUT2D eigenvalue weighted by molar-refractivity contribution is 7.93. The Morgan fingerprint density at radius 2 is 1.76 bits per heavy atom. The van der Waals surface area contributed by atoms with E-state index in [1.165, 1.54) is 4.88 Å². The number of hydrogen-bond donors (Lipinski definition) is 1. The van der Waals surface area contributed by atoms with Crippen LogP contribution < -0.4 is 10.4 Å². The molecule has 3 aliphatic heterocycles. The lowest BCUT2D eigenvalue weighted by Crippen LogP contribution is -2.58. The summed E-state index contributed by atoms with van der Waals surface area (Å²) in [6.45, 7) is 6.28. The van der Waals surface area contributed by atoms with Crippen molar-refractivity contribution in [2.24, 2.45) is 5.92 Å². The number of methoxy groups -OCH3 is 1. The molecule has 3 fully saturated rings. The number of aryl methyl sites for hydroxylation is 1. The van der Waals surface area contributed by atoms with E-state index in [0.29, 0.717) is 39.3 Å². The molecule has 1 unspecified atom stereocenters. The molecule has 2 aromatic rings. The van der Waals surface area contributed by atoms with E-state index in [-0.39, 0.29) is 29.4 Å². The number of benzene rings is 1. The molecule has 4 heterocycles. The van der Waals surface area contributed by atoms with Gasteiger partial charge in [-0.15, -0.1) is 11.3 Å². The summed E-state index contributed by atoms with van der Waals surface area (Å²) in [5.41, 5.74) is 3.38. The Kier molecular flexibility index (Phi) is 12.3. The van der Waals surface area contributed by atoms with E-state index < -0.39 is 26.8 Å². The van der Waals surface area contributed by atoms with Gasteiger partial charge in [-0.25, -0.2) is 18.7 Å². The number of nitrogens with zero attached hydrogens (tertiary/aromatic N) is 2. The highest BCUT2D eigenvalue weighted by Gasteiger charge is 2.53. The molecular formula is C34H49N3O7S2. The number of hydrogen-bond acceptors (Lipinski definition) is 10. The minimum absolute atomic E-state index is 0.00271. The Balaban J connectivity index is 1.24.